The monoisotopic (exact) mass is 346 g/mol. The van der Waals surface area contributed by atoms with Crippen LogP contribution >= 0.6 is 11.3 Å². The van der Waals surface area contributed by atoms with Gasteiger partial charge in [0.2, 0.25) is 5.91 Å². The topological polar surface area (TPSA) is 78.4 Å². The normalized spacial score (nSPS) is 13.1. The number of carbonyl (C=O) groups excluding carboxylic acids is 2. The maximum absolute atomic E-state index is 12.2. The summed E-state index contributed by atoms with van der Waals surface area (Å²) >= 11 is 1.55. The van der Waals surface area contributed by atoms with Crippen molar-refractivity contribution < 1.29 is 14.7 Å². The Hall–Kier alpha value is -2.18. The molecule has 0 aliphatic heterocycles. The van der Waals surface area contributed by atoms with Crippen LogP contribution in [0.25, 0.3) is 0 Å². The van der Waals surface area contributed by atoms with Gasteiger partial charge < -0.3 is 15.7 Å². The third kappa shape index (κ3) is 4.66. The van der Waals surface area contributed by atoms with Gasteiger partial charge in [-0.05, 0) is 49.1 Å². The molecule has 2 amide bonds. The third-order valence-electron chi connectivity index (χ3n) is 3.83. The number of anilines is 1. The molecule has 2 aromatic rings. The molecule has 0 saturated carbocycles. The Kier molecular flexibility index (Phi) is 6.52. The minimum absolute atomic E-state index is 0.0824. The molecule has 1 aromatic heterocycles. The molecule has 1 heterocycles. The first-order chi connectivity index (χ1) is 11.5. The quantitative estimate of drug-likeness (QED) is 0.721. The van der Waals surface area contributed by atoms with E-state index in [1.165, 1.54) is 0 Å². The number of hydrogen-bond donors (Lipinski definition) is 3. The molecular weight excluding hydrogens is 324 g/mol. The predicted molar refractivity (Wildman–Crippen MR) is 96.4 cm³/mol. The molecule has 2 unspecified atom stereocenters. The molecular formula is C18H22N2O3S. The fraction of sp³-hybridized carbons (Fsp3) is 0.333. The van der Waals surface area contributed by atoms with Gasteiger partial charge in [-0.25, -0.2) is 0 Å². The zero-order chi connectivity index (χ0) is 17.5. The summed E-state index contributed by atoms with van der Waals surface area (Å²) in [5.74, 6) is -0.537. The summed E-state index contributed by atoms with van der Waals surface area (Å²) in [6, 6.07) is 10.3. The van der Waals surface area contributed by atoms with E-state index < -0.39 is 0 Å². The molecule has 2 atom stereocenters. The van der Waals surface area contributed by atoms with Gasteiger partial charge in [-0.15, -0.1) is 11.3 Å². The van der Waals surface area contributed by atoms with E-state index in [9.17, 15) is 9.59 Å². The van der Waals surface area contributed by atoms with E-state index >= 15 is 0 Å². The summed E-state index contributed by atoms with van der Waals surface area (Å²) < 4.78 is 0. The smallest absolute Gasteiger partial charge is 0.251 e. The van der Waals surface area contributed by atoms with Crippen molar-refractivity contribution in [1.82, 2.24) is 5.32 Å². The molecule has 0 fully saturated rings. The number of carbonyl (C=O) groups is 2. The Labute approximate surface area is 145 Å². The van der Waals surface area contributed by atoms with Crippen molar-refractivity contribution in [3.8, 4) is 0 Å². The average Bonchev–Trinajstić information content (AvgIpc) is 3.13. The van der Waals surface area contributed by atoms with Gasteiger partial charge in [0.15, 0.2) is 0 Å². The summed E-state index contributed by atoms with van der Waals surface area (Å²) in [7, 11) is 0. The van der Waals surface area contributed by atoms with Crippen molar-refractivity contribution in [2.45, 2.75) is 32.2 Å². The molecule has 1 aromatic carbocycles. The Morgan fingerprint density at radius 3 is 2.46 bits per heavy atom. The van der Waals surface area contributed by atoms with Gasteiger partial charge in [-0.3, -0.25) is 9.59 Å². The SMILES string of the molecule is CCC(CO)NC(=O)c1ccc(NC(=O)C(C)c2cccs2)cc1. The van der Waals surface area contributed by atoms with Crippen LogP contribution in [0.4, 0.5) is 5.69 Å². The molecule has 0 bridgehead atoms. The van der Waals surface area contributed by atoms with Crippen LogP contribution in [0.5, 0.6) is 0 Å². The van der Waals surface area contributed by atoms with Crippen molar-refractivity contribution in [2.75, 3.05) is 11.9 Å². The van der Waals surface area contributed by atoms with Crippen LogP contribution in [0, 0.1) is 0 Å². The molecule has 24 heavy (non-hydrogen) atoms. The maximum Gasteiger partial charge on any atom is 0.251 e. The molecule has 0 radical (unpaired) electrons. The van der Waals surface area contributed by atoms with E-state index in [1.54, 1.807) is 35.6 Å². The molecule has 0 saturated heterocycles. The molecule has 0 spiro atoms. The van der Waals surface area contributed by atoms with Crippen LogP contribution in [0.1, 0.15) is 41.4 Å². The maximum atomic E-state index is 12.2. The van der Waals surface area contributed by atoms with Gasteiger partial charge in [-0.1, -0.05) is 13.0 Å². The Bertz CT molecular complexity index is 664. The number of rotatable bonds is 7. The molecule has 5 nitrogen and oxygen atoms in total. The van der Waals surface area contributed by atoms with Gasteiger partial charge in [0, 0.05) is 16.1 Å². The lowest BCUT2D eigenvalue weighted by molar-refractivity contribution is -0.117. The fourth-order valence-electron chi connectivity index (χ4n) is 2.17. The number of amides is 2. The number of thiophene rings is 1. The minimum Gasteiger partial charge on any atom is -0.394 e. The molecule has 3 N–H and O–H groups in total. The average molecular weight is 346 g/mol. The van der Waals surface area contributed by atoms with Gasteiger partial charge in [0.05, 0.1) is 18.6 Å². The van der Waals surface area contributed by atoms with Crippen LogP contribution in [0.3, 0.4) is 0 Å². The summed E-state index contributed by atoms with van der Waals surface area (Å²) in [6.45, 7) is 3.67. The second-order valence-electron chi connectivity index (χ2n) is 5.56. The van der Waals surface area contributed by atoms with Crippen LogP contribution < -0.4 is 10.6 Å². The number of aliphatic hydroxyl groups excluding tert-OH is 1. The van der Waals surface area contributed by atoms with Gasteiger partial charge in [0.1, 0.15) is 0 Å². The van der Waals surface area contributed by atoms with Crippen molar-refractivity contribution in [1.29, 1.82) is 0 Å². The third-order valence-corrected chi connectivity index (χ3v) is 4.88. The zero-order valence-electron chi connectivity index (χ0n) is 13.8. The zero-order valence-corrected chi connectivity index (χ0v) is 14.6. The Balaban J connectivity index is 1.96. The molecule has 2 rings (SSSR count). The number of nitrogens with one attached hydrogen (secondary N) is 2. The lowest BCUT2D eigenvalue weighted by atomic mass is 10.1. The highest BCUT2D eigenvalue weighted by Gasteiger charge is 2.16. The lowest BCUT2D eigenvalue weighted by Crippen LogP contribution is -2.36. The van der Waals surface area contributed by atoms with Crippen LogP contribution in [-0.4, -0.2) is 29.6 Å². The van der Waals surface area contributed by atoms with E-state index in [2.05, 4.69) is 10.6 Å². The first-order valence-corrected chi connectivity index (χ1v) is 8.79. The minimum atomic E-state index is -0.247. The van der Waals surface area contributed by atoms with E-state index in [4.69, 9.17) is 5.11 Å². The largest absolute Gasteiger partial charge is 0.394 e. The summed E-state index contributed by atoms with van der Waals surface area (Å²) in [5, 5.41) is 16.7. The number of aliphatic hydroxyl groups is 1. The standard InChI is InChI=1S/C18H22N2O3S/c1-3-14(11-21)19-18(23)13-6-8-15(9-7-13)20-17(22)12(2)16-5-4-10-24-16/h4-10,12,14,21H,3,11H2,1-2H3,(H,19,23)(H,20,22). The van der Waals surface area contributed by atoms with Crippen molar-refractivity contribution in [3.05, 3.63) is 52.2 Å². The second kappa shape index (κ2) is 8.61. The highest BCUT2D eigenvalue weighted by atomic mass is 32.1. The summed E-state index contributed by atoms with van der Waals surface area (Å²) in [4.78, 5) is 25.3. The lowest BCUT2D eigenvalue weighted by Gasteiger charge is -2.14. The van der Waals surface area contributed by atoms with Crippen molar-refractivity contribution in [3.63, 3.8) is 0 Å². The van der Waals surface area contributed by atoms with Crippen LogP contribution in [-0.2, 0) is 4.79 Å². The first kappa shape index (κ1) is 18.2. The van der Waals surface area contributed by atoms with Crippen LogP contribution in [0.15, 0.2) is 41.8 Å². The van der Waals surface area contributed by atoms with E-state index in [0.29, 0.717) is 17.7 Å². The predicted octanol–water partition coefficient (Wildman–Crippen LogP) is 2.99. The molecule has 0 aliphatic rings. The Morgan fingerprint density at radius 1 is 1.21 bits per heavy atom. The van der Waals surface area contributed by atoms with Crippen LogP contribution in [0.2, 0.25) is 0 Å². The molecule has 6 heteroatoms. The van der Waals surface area contributed by atoms with E-state index in [1.807, 2.05) is 31.4 Å². The fourth-order valence-corrected chi connectivity index (χ4v) is 2.95. The molecule has 128 valence electrons. The Morgan fingerprint density at radius 2 is 1.92 bits per heavy atom. The summed E-state index contributed by atoms with van der Waals surface area (Å²) in [6.07, 6.45) is 0.664. The molecule has 0 aliphatic carbocycles. The summed E-state index contributed by atoms with van der Waals surface area (Å²) in [5.41, 5.74) is 1.14. The second-order valence-corrected chi connectivity index (χ2v) is 6.54. The first-order valence-electron chi connectivity index (χ1n) is 7.91. The number of benzene rings is 1. The van der Waals surface area contributed by atoms with E-state index in [0.717, 1.165) is 4.88 Å². The highest BCUT2D eigenvalue weighted by molar-refractivity contribution is 7.10. The highest BCUT2D eigenvalue weighted by Crippen LogP contribution is 2.22. The van der Waals surface area contributed by atoms with E-state index in [-0.39, 0.29) is 30.4 Å². The van der Waals surface area contributed by atoms with Crippen molar-refractivity contribution in [2.24, 2.45) is 0 Å². The number of hydrogen-bond acceptors (Lipinski definition) is 4. The van der Waals surface area contributed by atoms with Gasteiger partial charge >= 0.3 is 0 Å². The van der Waals surface area contributed by atoms with Crippen molar-refractivity contribution >= 4 is 28.8 Å². The van der Waals surface area contributed by atoms with Gasteiger partial charge in [0.25, 0.3) is 5.91 Å². The van der Waals surface area contributed by atoms with Gasteiger partial charge in [-0.2, -0.15) is 0 Å².